The lowest BCUT2D eigenvalue weighted by molar-refractivity contribution is 0.138. The molecule has 0 aliphatic carbocycles. The van der Waals surface area contributed by atoms with Crippen LogP contribution in [0.3, 0.4) is 0 Å². The topological polar surface area (TPSA) is 101 Å². The van der Waals surface area contributed by atoms with Crippen LogP contribution in [0.4, 0.5) is 30.2 Å². The highest BCUT2D eigenvalue weighted by atomic mass is 35.5. The van der Waals surface area contributed by atoms with Crippen molar-refractivity contribution in [3.63, 3.8) is 0 Å². The average Bonchev–Trinajstić information content (AvgIpc) is 3.44. The Morgan fingerprint density at radius 2 is 1.76 bits per heavy atom. The number of pyridine rings is 2. The first-order valence-electron chi connectivity index (χ1n) is 12.4. The van der Waals surface area contributed by atoms with Gasteiger partial charge in [0.25, 0.3) is 0 Å². The fourth-order valence-electron chi connectivity index (χ4n) is 4.30. The van der Waals surface area contributed by atoms with Crippen molar-refractivity contribution in [1.29, 1.82) is 5.26 Å². The number of halogens is 4. The molecule has 4 N–H and O–H groups in total. The van der Waals surface area contributed by atoms with Crippen molar-refractivity contribution in [2.75, 3.05) is 10.6 Å². The van der Waals surface area contributed by atoms with E-state index in [1.165, 1.54) is 18.3 Å². The van der Waals surface area contributed by atoms with Gasteiger partial charge in [0.2, 0.25) is 5.95 Å². The van der Waals surface area contributed by atoms with E-state index in [-0.39, 0.29) is 27.5 Å². The van der Waals surface area contributed by atoms with Gasteiger partial charge in [-0.05, 0) is 50.6 Å². The second-order valence-electron chi connectivity index (χ2n) is 10.4. The maximum absolute atomic E-state index is 13.9. The molecule has 41 heavy (non-hydrogen) atoms. The second kappa shape index (κ2) is 10.5. The Balaban J connectivity index is 1.64. The van der Waals surface area contributed by atoms with Crippen LogP contribution >= 0.6 is 11.6 Å². The van der Waals surface area contributed by atoms with E-state index >= 15 is 0 Å². The van der Waals surface area contributed by atoms with Gasteiger partial charge in [-0.3, -0.25) is 9.99 Å². The summed E-state index contributed by atoms with van der Waals surface area (Å²) >= 11 is 6.64. The predicted octanol–water partition coefficient (Wildman–Crippen LogP) is 5.71. The van der Waals surface area contributed by atoms with Crippen LogP contribution in [-0.2, 0) is 5.44 Å². The van der Waals surface area contributed by atoms with Gasteiger partial charge < -0.3 is 16.1 Å². The van der Waals surface area contributed by atoms with E-state index in [1.54, 1.807) is 30.5 Å². The van der Waals surface area contributed by atoms with Crippen LogP contribution in [0, 0.1) is 28.9 Å². The number of rotatable bonds is 6. The van der Waals surface area contributed by atoms with Gasteiger partial charge >= 0.3 is 0 Å². The van der Waals surface area contributed by atoms with Gasteiger partial charge in [0, 0.05) is 35.1 Å². The summed E-state index contributed by atoms with van der Waals surface area (Å²) in [6.07, 6.45) is 4.22. The number of anilines is 3. The van der Waals surface area contributed by atoms with E-state index in [1.807, 2.05) is 31.8 Å². The number of aromatic nitrogens is 2. The lowest BCUT2D eigenvalue weighted by atomic mass is 9.69. The van der Waals surface area contributed by atoms with Crippen LogP contribution in [0.2, 0.25) is 5.02 Å². The Kier molecular flexibility index (Phi) is 7.19. The summed E-state index contributed by atoms with van der Waals surface area (Å²) in [6.45, 7) is 6.01. The summed E-state index contributed by atoms with van der Waals surface area (Å²) in [5.41, 5.74) is 6.74. The maximum Gasteiger partial charge on any atom is 0.249 e. The molecule has 2 aromatic carbocycles. The van der Waals surface area contributed by atoms with Gasteiger partial charge in [-0.15, -0.1) is 5.53 Å². The second-order valence-corrected chi connectivity index (χ2v) is 10.8. The first-order chi connectivity index (χ1) is 19.4. The molecule has 0 fully saturated rings. The quantitative estimate of drug-likeness (QED) is 0.172. The van der Waals surface area contributed by atoms with Crippen LogP contribution in [0.1, 0.15) is 31.9 Å². The van der Waals surface area contributed by atoms with Crippen molar-refractivity contribution in [1.82, 2.24) is 25.9 Å². The summed E-state index contributed by atoms with van der Waals surface area (Å²) in [4.78, 5) is 7.71. The van der Waals surface area contributed by atoms with Crippen LogP contribution in [0.15, 0.2) is 66.8 Å². The monoisotopic (exact) mass is 574 g/mol. The van der Waals surface area contributed by atoms with Crippen molar-refractivity contribution in [3.05, 3.63) is 100 Å². The van der Waals surface area contributed by atoms with Gasteiger partial charge in [0.15, 0.2) is 5.82 Å². The Hall–Kier alpha value is -4.47. The molecular formula is C28H23BClF3N8. The fraction of sp³-hybridized carbons (Fsp3) is 0.179. The van der Waals surface area contributed by atoms with Crippen LogP contribution < -0.4 is 21.6 Å². The maximum atomic E-state index is 13.9. The zero-order valence-corrected chi connectivity index (χ0v) is 22.9. The van der Waals surface area contributed by atoms with Gasteiger partial charge in [-0.2, -0.15) is 9.65 Å². The van der Waals surface area contributed by atoms with E-state index in [2.05, 4.69) is 31.6 Å². The Bertz CT molecular complexity index is 1720. The van der Waals surface area contributed by atoms with Crippen molar-refractivity contribution < 1.29 is 13.2 Å². The van der Waals surface area contributed by atoms with E-state index in [0.29, 0.717) is 27.9 Å². The lowest BCUT2D eigenvalue weighted by Gasteiger charge is -2.34. The van der Waals surface area contributed by atoms with Crippen LogP contribution in [0.5, 0.6) is 0 Å². The van der Waals surface area contributed by atoms with E-state index in [0.717, 1.165) is 12.3 Å². The van der Waals surface area contributed by atoms with Crippen molar-refractivity contribution in [3.8, 4) is 6.07 Å². The Morgan fingerprint density at radius 1 is 1.02 bits per heavy atom. The summed E-state index contributed by atoms with van der Waals surface area (Å²) < 4.78 is 41.2. The van der Waals surface area contributed by atoms with Crippen LogP contribution in [-0.4, -0.2) is 28.4 Å². The number of nitriles is 1. The minimum atomic E-state index is -1.42. The number of hydrogen-bond donors (Lipinski definition) is 4. The minimum Gasteiger partial charge on any atom is -0.378 e. The number of hydrazine groups is 2. The molecule has 2 aromatic heterocycles. The Labute approximate surface area is 240 Å². The molecule has 0 saturated carbocycles. The molecule has 1 unspecified atom stereocenters. The normalized spacial score (nSPS) is 14.7. The lowest BCUT2D eigenvalue weighted by Crippen LogP contribution is -2.49. The molecular weight excluding hydrogens is 552 g/mol. The largest absolute Gasteiger partial charge is 0.378 e. The molecule has 0 bridgehead atoms. The molecule has 13 heteroatoms. The third-order valence-corrected chi connectivity index (χ3v) is 6.76. The summed E-state index contributed by atoms with van der Waals surface area (Å²) in [5, 5.41) is 18.5. The molecule has 1 aliphatic rings. The van der Waals surface area contributed by atoms with Gasteiger partial charge in [0.05, 0.1) is 44.8 Å². The number of nitrogens with one attached hydrogen (secondary N) is 4. The fourth-order valence-corrected chi connectivity index (χ4v) is 4.56. The van der Waals surface area contributed by atoms with Crippen molar-refractivity contribution >= 4 is 47.4 Å². The highest BCUT2D eigenvalue weighted by Crippen LogP contribution is 2.38. The van der Waals surface area contributed by atoms with E-state index < -0.39 is 23.0 Å². The summed E-state index contributed by atoms with van der Waals surface area (Å²) in [7, 11) is 7.01. The molecule has 0 spiro atoms. The SMILES string of the molecule is [B]C(Nc1cc(Cl)c2ncc(C#N)c(Nc3cnc(F)c(F)c3)c2c1)(C1=CN(C(C)(C)C)NN1)c1ccc(F)cc1. The highest BCUT2D eigenvalue weighted by Gasteiger charge is 2.36. The molecule has 5 rings (SSSR count). The Morgan fingerprint density at radius 3 is 2.39 bits per heavy atom. The number of fused-ring (bicyclic) bond motifs is 1. The number of nitrogens with zero attached hydrogens (tertiary/aromatic N) is 4. The average molecular weight is 575 g/mol. The zero-order valence-electron chi connectivity index (χ0n) is 22.2. The third-order valence-electron chi connectivity index (χ3n) is 6.47. The number of benzene rings is 2. The predicted molar refractivity (Wildman–Crippen MR) is 152 cm³/mol. The molecule has 206 valence electrons. The van der Waals surface area contributed by atoms with Gasteiger partial charge in [-0.25, -0.2) is 13.8 Å². The van der Waals surface area contributed by atoms with E-state index in [4.69, 9.17) is 19.4 Å². The summed E-state index contributed by atoms with van der Waals surface area (Å²) in [6, 6.07) is 12.0. The van der Waals surface area contributed by atoms with Gasteiger partial charge in [0.1, 0.15) is 19.7 Å². The molecule has 3 heterocycles. The molecule has 0 saturated heterocycles. The minimum absolute atomic E-state index is 0.107. The molecule has 1 aliphatic heterocycles. The molecule has 1 atom stereocenters. The van der Waals surface area contributed by atoms with Crippen molar-refractivity contribution in [2.45, 2.75) is 31.7 Å². The zero-order chi connectivity index (χ0) is 29.5. The smallest absolute Gasteiger partial charge is 0.249 e. The van der Waals surface area contributed by atoms with E-state index in [9.17, 15) is 18.4 Å². The standard InChI is InChI=1S/C28H23BClF3N8/c1-27(2,3)41-14-23(39-40-41)28(29,16-4-6-17(31)7-5-16)38-18-8-20-24(37-19-10-22(32)26(33)36-13-19)15(11-34)12-35-25(20)21(30)9-18/h4-10,12-14,38-40H,1-3H3,(H,35,37). The molecule has 0 amide bonds. The molecule has 8 nitrogen and oxygen atoms in total. The summed E-state index contributed by atoms with van der Waals surface area (Å²) in [5.74, 6) is -2.83. The third kappa shape index (κ3) is 5.46. The number of hydrogen-bond acceptors (Lipinski definition) is 8. The van der Waals surface area contributed by atoms with Crippen LogP contribution in [0.25, 0.3) is 10.9 Å². The molecule has 2 radical (unpaired) electrons. The molecule has 4 aromatic rings. The van der Waals surface area contributed by atoms with Crippen molar-refractivity contribution in [2.24, 2.45) is 0 Å². The highest BCUT2D eigenvalue weighted by molar-refractivity contribution is 6.36. The first kappa shape index (κ1) is 28.1. The first-order valence-corrected chi connectivity index (χ1v) is 12.7. The van der Waals surface area contributed by atoms with Gasteiger partial charge in [-0.1, -0.05) is 23.7 Å².